The topological polar surface area (TPSA) is 109 Å². The van der Waals surface area contributed by atoms with Gasteiger partial charge in [-0.2, -0.15) is 4.91 Å². The maximum absolute atomic E-state index is 12.8. The zero-order valence-corrected chi connectivity index (χ0v) is 12.4. The Balaban J connectivity index is 2.58. The summed E-state index contributed by atoms with van der Waals surface area (Å²) >= 11 is 0. The lowest BCUT2D eigenvalue weighted by atomic mass is 10.2. The van der Waals surface area contributed by atoms with Gasteiger partial charge < -0.3 is 11.1 Å². The van der Waals surface area contributed by atoms with Gasteiger partial charge in [0, 0.05) is 20.1 Å². The second kappa shape index (κ2) is 9.56. The van der Waals surface area contributed by atoms with E-state index in [9.17, 15) is 14.1 Å². The van der Waals surface area contributed by atoms with Crippen molar-refractivity contribution < 1.29 is 9.18 Å². The third-order valence-corrected chi connectivity index (χ3v) is 2.97. The summed E-state index contributed by atoms with van der Waals surface area (Å²) in [6, 6.07) is 5.13. The van der Waals surface area contributed by atoms with Gasteiger partial charge in [-0.05, 0) is 24.1 Å². The first-order valence-electron chi connectivity index (χ1n) is 6.85. The highest BCUT2D eigenvalue weighted by Gasteiger charge is 2.21. The minimum atomic E-state index is -0.792. The van der Waals surface area contributed by atoms with Crippen LogP contribution in [0, 0.1) is 10.7 Å². The Labute approximate surface area is 128 Å². The molecule has 8 heteroatoms. The number of benzene rings is 1. The van der Waals surface area contributed by atoms with Crippen LogP contribution in [0.1, 0.15) is 12.0 Å². The van der Waals surface area contributed by atoms with Gasteiger partial charge >= 0.3 is 0 Å². The van der Waals surface area contributed by atoms with Crippen LogP contribution in [-0.2, 0) is 11.3 Å². The summed E-state index contributed by atoms with van der Waals surface area (Å²) in [5.41, 5.74) is 6.55. The molecule has 1 rings (SSSR count). The molecule has 0 aromatic heterocycles. The first kappa shape index (κ1) is 17.7. The van der Waals surface area contributed by atoms with Gasteiger partial charge in [0.15, 0.2) is 0 Å². The summed E-state index contributed by atoms with van der Waals surface area (Å²) in [5, 5.41) is 8.34. The molecule has 0 fully saturated rings. The lowest BCUT2D eigenvalue weighted by molar-refractivity contribution is -0.121. The average molecular weight is 309 g/mol. The molecule has 0 spiro atoms. The minimum absolute atomic E-state index is 0.144. The number of aliphatic imine (C=N–C) groups is 1. The number of nitrogens with two attached hydrogens (primary N) is 1. The predicted molar refractivity (Wildman–Crippen MR) is 82.9 cm³/mol. The lowest BCUT2D eigenvalue weighted by Crippen LogP contribution is -2.52. The molecule has 4 N–H and O–H groups in total. The van der Waals surface area contributed by atoms with Crippen molar-refractivity contribution in [2.45, 2.75) is 19.0 Å². The van der Waals surface area contributed by atoms with Crippen LogP contribution in [0.4, 0.5) is 4.39 Å². The molecule has 0 saturated carbocycles. The summed E-state index contributed by atoms with van der Waals surface area (Å²) in [6.45, 7) is 0.812. The van der Waals surface area contributed by atoms with Gasteiger partial charge in [-0.25, -0.2) is 4.39 Å². The third kappa shape index (κ3) is 5.96. The number of carbonyl (C=O) groups excluding carboxylic acids is 1. The van der Waals surface area contributed by atoms with Crippen molar-refractivity contribution in [3.63, 3.8) is 0 Å². The SMILES string of the molecule is CN=C(N)C(NCc1ccc(F)cc1)C(=O)NCCCN=O. The van der Waals surface area contributed by atoms with E-state index in [0.717, 1.165) is 5.56 Å². The van der Waals surface area contributed by atoms with Gasteiger partial charge in [0.05, 0.1) is 6.54 Å². The molecule has 0 aliphatic carbocycles. The van der Waals surface area contributed by atoms with Crippen LogP contribution >= 0.6 is 0 Å². The van der Waals surface area contributed by atoms with E-state index < -0.39 is 6.04 Å². The van der Waals surface area contributed by atoms with Crippen LogP contribution in [0.5, 0.6) is 0 Å². The zero-order chi connectivity index (χ0) is 16.4. The van der Waals surface area contributed by atoms with Gasteiger partial charge in [-0.1, -0.05) is 17.3 Å². The number of nitrogens with zero attached hydrogens (tertiary/aromatic N) is 2. The fourth-order valence-corrected chi connectivity index (χ4v) is 1.74. The van der Waals surface area contributed by atoms with Gasteiger partial charge in [0.2, 0.25) is 5.91 Å². The van der Waals surface area contributed by atoms with Gasteiger partial charge in [0.1, 0.15) is 17.7 Å². The molecule has 1 aromatic carbocycles. The van der Waals surface area contributed by atoms with E-state index in [1.807, 2.05) is 0 Å². The van der Waals surface area contributed by atoms with Crippen LogP contribution in [0.3, 0.4) is 0 Å². The number of carbonyl (C=O) groups is 1. The number of amides is 1. The normalized spacial score (nSPS) is 12.7. The number of nitrogens with one attached hydrogen (secondary N) is 2. The Bertz CT molecular complexity index is 518. The van der Waals surface area contributed by atoms with Crippen molar-refractivity contribution in [1.82, 2.24) is 10.6 Å². The number of halogens is 1. The summed E-state index contributed by atoms with van der Waals surface area (Å²) in [6.07, 6.45) is 0.461. The summed E-state index contributed by atoms with van der Waals surface area (Å²) in [7, 11) is 1.49. The second-order valence-electron chi connectivity index (χ2n) is 4.59. The molecule has 0 radical (unpaired) electrons. The number of rotatable bonds is 9. The van der Waals surface area contributed by atoms with Gasteiger partial charge in [0.25, 0.3) is 0 Å². The van der Waals surface area contributed by atoms with Crippen molar-refractivity contribution in [2.24, 2.45) is 15.9 Å². The smallest absolute Gasteiger partial charge is 0.244 e. The largest absolute Gasteiger partial charge is 0.386 e. The van der Waals surface area contributed by atoms with E-state index >= 15 is 0 Å². The Morgan fingerprint density at radius 3 is 2.64 bits per heavy atom. The number of amidine groups is 1. The second-order valence-corrected chi connectivity index (χ2v) is 4.59. The molecular weight excluding hydrogens is 289 g/mol. The monoisotopic (exact) mass is 309 g/mol. The van der Waals surface area contributed by atoms with E-state index in [1.165, 1.54) is 19.2 Å². The molecule has 0 aliphatic heterocycles. The molecule has 0 aliphatic rings. The fraction of sp³-hybridized carbons (Fsp3) is 0.429. The van der Waals surface area contributed by atoms with Crippen molar-refractivity contribution >= 4 is 11.7 Å². The number of hydrogen-bond acceptors (Lipinski definition) is 5. The molecule has 0 bridgehead atoms. The Morgan fingerprint density at radius 1 is 1.36 bits per heavy atom. The zero-order valence-electron chi connectivity index (χ0n) is 12.4. The van der Waals surface area contributed by atoms with Gasteiger partial charge in [-0.3, -0.25) is 15.1 Å². The molecule has 120 valence electrons. The highest BCUT2D eigenvalue weighted by Crippen LogP contribution is 2.02. The summed E-state index contributed by atoms with van der Waals surface area (Å²) in [5.74, 6) is -0.513. The van der Waals surface area contributed by atoms with Crippen LogP contribution in [0.25, 0.3) is 0 Å². The molecule has 1 unspecified atom stereocenters. The molecule has 22 heavy (non-hydrogen) atoms. The van der Waals surface area contributed by atoms with Crippen molar-refractivity contribution in [1.29, 1.82) is 0 Å². The molecular formula is C14H20FN5O2. The number of nitroso groups, excluding NO2 is 1. The van der Waals surface area contributed by atoms with Gasteiger partial charge in [-0.15, -0.1) is 0 Å². The molecule has 1 aromatic rings. The minimum Gasteiger partial charge on any atom is -0.386 e. The van der Waals surface area contributed by atoms with E-state index in [-0.39, 0.29) is 24.1 Å². The quantitative estimate of drug-likeness (QED) is 0.268. The standard InChI is InChI=1S/C14H20FN5O2/c1-17-13(16)12(14(21)18-7-2-8-20-22)19-9-10-3-5-11(15)6-4-10/h3-6,12,19H,2,7-9H2,1H3,(H2,16,17)(H,18,21). The summed E-state index contributed by atoms with van der Waals surface area (Å²) < 4.78 is 12.8. The van der Waals surface area contributed by atoms with Crippen LogP contribution in [0.15, 0.2) is 34.4 Å². The van der Waals surface area contributed by atoms with Crippen LogP contribution in [0.2, 0.25) is 0 Å². The first-order chi connectivity index (χ1) is 10.6. The Hall–Kier alpha value is -2.35. The Kier molecular flexibility index (Phi) is 7.69. The van der Waals surface area contributed by atoms with Crippen LogP contribution < -0.4 is 16.4 Å². The van der Waals surface area contributed by atoms with E-state index in [1.54, 1.807) is 12.1 Å². The van der Waals surface area contributed by atoms with E-state index in [4.69, 9.17) is 5.73 Å². The highest BCUT2D eigenvalue weighted by atomic mass is 19.1. The van der Waals surface area contributed by atoms with Crippen molar-refractivity contribution in [2.75, 3.05) is 20.1 Å². The van der Waals surface area contributed by atoms with Crippen molar-refractivity contribution in [3.05, 3.63) is 40.6 Å². The predicted octanol–water partition coefficient (Wildman–Crippen LogP) is 0.544. The van der Waals surface area contributed by atoms with E-state index in [2.05, 4.69) is 20.8 Å². The lowest BCUT2D eigenvalue weighted by Gasteiger charge is -2.17. The molecule has 0 saturated heterocycles. The maximum atomic E-state index is 12.8. The molecule has 0 heterocycles. The molecule has 1 amide bonds. The number of hydrogen-bond donors (Lipinski definition) is 3. The third-order valence-electron chi connectivity index (χ3n) is 2.97. The van der Waals surface area contributed by atoms with E-state index in [0.29, 0.717) is 19.5 Å². The summed E-state index contributed by atoms with van der Waals surface area (Å²) in [4.78, 5) is 25.9. The molecule has 1 atom stereocenters. The first-order valence-corrected chi connectivity index (χ1v) is 6.85. The fourth-order valence-electron chi connectivity index (χ4n) is 1.74. The average Bonchev–Trinajstić information content (AvgIpc) is 2.53. The molecule has 7 nitrogen and oxygen atoms in total. The maximum Gasteiger partial charge on any atom is 0.244 e. The highest BCUT2D eigenvalue weighted by molar-refractivity contribution is 6.06. The van der Waals surface area contributed by atoms with Crippen LogP contribution in [-0.4, -0.2) is 37.9 Å². The Morgan fingerprint density at radius 2 is 2.05 bits per heavy atom. The van der Waals surface area contributed by atoms with Crippen molar-refractivity contribution in [3.8, 4) is 0 Å².